The normalized spacial score (nSPS) is 19.2. The minimum absolute atomic E-state index is 0.145. The zero-order chi connectivity index (χ0) is 15.6. The van der Waals surface area contributed by atoms with Crippen LogP contribution in [0.2, 0.25) is 0 Å². The third kappa shape index (κ3) is 3.13. The zero-order valence-electron chi connectivity index (χ0n) is 12.2. The molecule has 0 radical (unpaired) electrons. The summed E-state index contributed by atoms with van der Waals surface area (Å²) in [5.74, 6) is -1.28. The van der Waals surface area contributed by atoms with Crippen LogP contribution >= 0.6 is 0 Å². The molecule has 0 amide bonds. The zero-order valence-corrected chi connectivity index (χ0v) is 12.2. The third-order valence-electron chi connectivity index (χ3n) is 3.96. The van der Waals surface area contributed by atoms with Crippen LogP contribution in [0.4, 0.5) is 11.4 Å². The molecule has 1 heterocycles. The Hall–Kier alpha value is -2.15. The van der Waals surface area contributed by atoms with E-state index in [1.54, 1.807) is 19.2 Å². The number of hydrogen-bond acceptors (Lipinski definition) is 5. The number of likely N-dealkylation sites (tertiary alicyclic amines) is 1. The van der Waals surface area contributed by atoms with Crippen LogP contribution < -0.4 is 4.90 Å². The summed E-state index contributed by atoms with van der Waals surface area (Å²) in [5, 5.41) is 20.4. The highest BCUT2D eigenvalue weighted by atomic mass is 16.6. The fourth-order valence-corrected chi connectivity index (χ4v) is 2.83. The number of nitro groups is 1. The second kappa shape index (κ2) is 6.09. The Bertz CT molecular complexity index is 561. The second-order valence-corrected chi connectivity index (χ2v) is 5.40. The highest BCUT2D eigenvalue weighted by Gasteiger charge is 2.30. The van der Waals surface area contributed by atoms with Crippen LogP contribution in [0.3, 0.4) is 0 Å². The summed E-state index contributed by atoms with van der Waals surface area (Å²) in [6.07, 6.45) is 1.97. The number of anilines is 1. The van der Waals surface area contributed by atoms with Crippen molar-refractivity contribution in [1.82, 2.24) is 4.90 Å². The first kappa shape index (κ1) is 15.2. The molecule has 114 valence electrons. The van der Waals surface area contributed by atoms with Crippen LogP contribution in [0, 0.1) is 10.1 Å². The molecule has 7 heteroatoms. The molecule has 1 aliphatic heterocycles. The summed E-state index contributed by atoms with van der Waals surface area (Å²) < 4.78 is 0. The first-order chi connectivity index (χ1) is 9.91. The van der Waals surface area contributed by atoms with Crippen LogP contribution in [0.1, 0.15) is 23.2 Å². The molecule has 2 rings (SSSR count). The van der Waals surface area contributed by atoms with Crippen molar-refractivity contribution in [2.45, 2.75) is 18.9 Å². The lowest BCUT2D eigenvalue weighted by Crippen LogP contribution is -2.45. The van der Waals surface area contributed by atoms with Crippen molar-refractivity contribution < 1.29 is 14.8 Å². The van der Waals surface area contributed by atoms with Gasteiger partial charge in [-0.1, -0.05) is 6.07 Å². The molecule has 0 bridgehead atoms. The number of nitro benzene ring substituents is 1. The quantitative estimate of drug-likeness (QED) is 0.673. The highest BCUT2D eigenvalue weighted by molar-refractivity contribution is 5.95. The van der Waals surface area contributed by atoms with Crippen molar-refractivity contribution >= 4 is 17.3 Å². The molecule has 1 unspecified atom stereocenters. The molecule has 7 nitrogen and oxygen atoms in total. The van der Waals surface area contributed by atoms with E-state index in [1.165, 1.54) is 6.07 Å². The average Bonchev–Trinajstić information content (AvgIpc) is 2.45. The fraction of sp³-hybridized carbons (Fsp3) is 0.500. The van der Waals surface area contributed by atoms with E-state index in [0.29, 0.717) is 5.69 Å². The Balaban J connectivity index is 2.40. The number of carboxylic acid groups (broad SMARTS) is 1. The fourth-order valence-electron chi connectivity index (χ4n) is 2.83. The molecular weight excluding hydrogens is 274 g/mol. The maximum Gasteiger partial charge on any atom is 0.342 e. The molecule has 0 saturated carbocycles. The van der Waals surface area contributed by atoms with Crippen molar-refractivity contribution in [2.75, 3.05) is 32.1 Å². The Morgan fingerprint density at radius 1 is 1.52 bits per heavy atom. The van der Waals surface area contributed by atoms with Gasteiger partial charge in [0, 0.05) is 19.6 Å². The molecule has 0 aliphatic carbocycles. The Morgan fingerprint density at radius 3 is 2.81 bits per heavy atom. The molecule has 1 aromatic carbocycles. The number of rotatable bonds is 4. The van der Waals surface area contributed by atoms with Gasteiger partial charge in [-0.2, -0.15) is 0 Å². The number of nitrogens with zero attached hydrogens (tertiary/aromatic N) is 3. The first-order valence-electron chi connectivity index (χ1n) is 6.84. The monoisotopic (exact) mass is 293 g/mol. The Labute approximate surface area is 122 Å². The Morgan fingerprint density at radius 2 is 2.24 bits per heavy atom. The summed E-state index contributed by atoms with van der Waals surface area (Å²) in [7, 11) is 3.81. The van der Waals surface area contributed by atoms with Crippen LogP contribution in [0.5, 0.6) is 0 Å². The number of carbonyl (C=O) groups is 1. The van der Waals surface area contributed by atoms with Crippen molar-refractivity contribution in [3.8, 4) is 0 Å². The SMILES string of the molecule is CN1CCCC(N(C)c2cccc(C(=O)O)c2[N+](=O)[O-])C1. The van der Waals surface area contributed by atoms with Gasteiger partial charge in [0.1, 0.15) is 11.3 Å². The van der Waals surface area contributed by atoms with E-state index in [9.17, 15) is 14.9 Å². The van der Waals surface area contributed by atoms with E-state index in [-0.39, 0.29) is 17.3 Å². The van der Waals surface area contributed by atoms with Crippen LogP contribution in [-0.4, -0.2) is 54.1 Å². The van der Waals surface area contributed by atoms with Gasteiger partial charge in [0.2, 0.25) is 0 Å². The summed E-state index contributed by atoms with van der Waals surface area (Å²) >= 11 is 0. The van der Waals surface area contributed by atoms with Gasteiger partial charge in [-0.25, -0.2) is 4.79 Å². The lowest BCUT2D eigenvalue weighted by atomic mass is 10.0. The van der Waals surface area contributed by atoms with Crippen LogP contribution in [0.15, 0.2) is 18.2 Å². The molecule has 0 aromatic heterocycles. The maximum absolute atomic E-state index is 11.3. The number of benzene rings is 1. The molecule has 1 saturated heterocycles. The summed E-state index contributed by atoms with van der Waals surface area (Å²) in [6, 6.07) is 4.57. The third-order valence-corrected chi connectivity index (χ3v) is 3.96. The minimum atomic E-state index is -1.28. The average molecular weight is 293 g/mol. The summed E-state index contributed by atoms with van der Waals surface area (Å²) in [4.78, 5) is 25.9. The maximum atomic E-state index is 11.3. The first-order valence-corrected chi connectivity index (χ1v) is 6.84. The number of para-hydroxylation sites is 1. The smallest absolute Gasteiger partial charge is 0.342 e. The van der Waals surface area contributed by atoms with Crippen molar-refractivity contribution in [1.29, 1.82) is 0 Å². The predicted octanol–water partition coefficient (Wildman–Crippen LogP) is 1.82. The molecule has 1 N–H and O–H groups in total. The van der Waals surface area contributed by atoms with Gasteiger partial charge in [0.25, 0.3) is 0 Å². The van der Waals surface area contributed by atoms with Crippen molar-refractivity contribution in [3.63, 3.8) is 0 Å². The second-order valence-electron chi connectivity index (χ2n) is 5.40. The van der Waals surface area contributed by atoms with Gasteiger partial charge in [0.15, 0.2) is 0 Å². The van der Waals surface area contributed by atoms with Crippen molar-refractivity contribution in [2.24, 2.45) is 0 Å². The molecule has 1 atom stereocenters. The number of piperidine rings is 1. The largest absolute Gasteiger partial charge is 0.477 e. The standard InChI is InChI=1S/C14H19N3O4/c1-15-8-4-5-10(9-15)16(2)12-7-3-6-11(14(18)19)13(12)17(20)21/h3,6-7,10H,4-5,8-9H2,1-2H3,(H,18,19). The molecule has 0 spiro atoms. The molecule has 1 aromatic rings. The molecule has 1 aliphatic rings. The lowest BCUT2D eigenvalue weighted by molar-refractivity contribution is -0.384. The van der Waals surface area contributed by atoms with E-state index >= 15 is 0 Å². The van der Waals surface area contributed by atoms with E-state index in [2.05, 4.69) is 4.90 Å². The van der Waals surface area contributed by atoms with Crippen LogP contribution in [0.25, 0.3) is 0 Å². The number of aromatic carboxylic acids is 1. The minimum Gasteiger partial charge on any atom is -0.477 e. The number of likely N-dealkylation sites (N-methyl/N-ethyl adjacent to an activating group) is 2. The molecular formula is C14H19N3O4. The van der Waals surface area contributed by atoms with E-state index in [0.717, 1.165) is 25.9 Å². The van der Waals surface area contributed by atoms with Crippen LogP contribution in [-0.2, 0) is 0 Å². The van der Waals surface area contributed by atoms with Gasteiger partial charge in [-0.05, 0) is 38.6 Å². The molecule has 1 fully saturated rings. The van der Waals surface area contributed by atoms with Gasteiger partial charge in [-0.15, -0.1) is 0 Å². The number of carboxylic acids is 1. The summed E-state index contributed by atoms with van der Waals surface area (Å²) in [6.45, 7) is 1.83. The Kier molecular flexibility index (Phi) is 4.42. The molecule has 21 heavy (non-hydrogen) atoms. The van der Waals surface area contributed by atoms with Gasteiger partial charge in [-0.3, -0.25) is 10.1 Å². The van der Waals surface area contributed by atoms with E-state index in [1.807, 2.05) is 11.9 Å². The lowest BCUT2D eigenvalue weighted by Gasteiger charge is -2.36. The van der Waals surface area contributed by atoms with Crippen molar-refractivity contribution in [3.05, 3.63) is 33.9 Å². The predicted molar refractivity (Wildman–Crippen MR) is 79.0 cm³/mol. The van der Waals surface area contributed by atoms with E-state index < -0.39 is 10.9 Å². The van der Waals surface area contributed by atoms with E-state index in [4.69, 9.17) is 5.11 Å². The van der Waals surface area contributed by atoms with Gasteiger partial charge >= 0.3 is 11.7 Å². The highest BCUT2D eigenvalue weighted by Crippen LogP contribution is 2.33. The topological polar surface area (TPSA) is 86.9 Å². The number of hydrogen-bond donors (Lipinski definition) is 1. The van der Waals surface area contributed by atoms with Gasteiger partial charge in [0.05, 0.1) is 4.92 Å². The van der Waals surface area contributed by atoms with Gasteiger partial charge < -0.3 is 14.9 Å². The summed E-state index contributed by atoms with van der Waals surface area (Å²) in [5.41, 5.74) is -0.241.